The molecule has 0 unspecified atom stereocenters. The molecule has 0 atom stereocenters. The number of aromatic nitrogens is 1. The molecule has 2 rings (SSSR count). The van der Waals surface area contributed by atoms with Gasteiger partial charge in [-0.25, -0.2) is 4.39 Å². The van der Waals surface area contributed by atoms with Crippen LogP contribution in [0.25, 0.3) is 0 Å². The fourth-order valence-corrected chi connectivity index (χ4v) is 1.48. The van der Waals surface area contributed by atoms with Gasteiger partial charge in [0.2, 0.25) is 0 Å². The van der Waals surface area contributed by atoms with Crippen LogP contribution in [0.1, 0.15) is 5.56 Å². The number of nitrogens with one attached hydrogen (secondary N) is 2. The Morgan fingerprint density at radius 2 is 2.05 bits per heavy atom. The second-order valence-electron chi connectivity index (χ2n) is 3.62. The van der Waals surface area contributed by atoms with Crippen molar-refractivity contribution in [2.45, 2.75) is 0 Å². The van der Waals surface area contributed by atoms with E-state index < -0.39 is 0 Å². The van der Waals surface area contributed by atoms with Crippen LogP contribution in [0, 0.1) is 5.82 Å². The standard InChI is InChI=1S/C13H11FN4S/c14-11-3-5-12(6-4-11)17-13(19)18-16-9-10-2-1-7-15-8-10/h1-9H,(H2,17,18,19). The van der Waals surface area contributed by atoms with E-state index in [1.54, 1.807) is 30.7 Å². The number of hydrogen-bond acceptors (Lipinski definition) is 3. The van der Waals surface area contributed by atoms with Crippen molar-refractivity contribution in [1.29, 1.82) is 0 Å². The van der Waals surface area contributed by atoms with Gasteiger partial charge in [-0.05, 0) is 42.5 Å². The van der Waals surface area contributed by atoms with Gasteiger partial charge < -0.3 is 5.32 Å². The van der Waals surface area contributed by atoms with E-state index in [0.29, 0.717) is 10.8 Å². The Bertz CT molecular complexity index is 569. The first-order valence-corrected chi connectivity index (χ1v) is 5.90. The predicted molar refractivity (Wildman–Crippen MR) is 77.6 cm³/mol. The Morgan fingerprint density at radius 1 is 1.26 bits per heavy atom. The van der Waals surface area contributed by atoms with E-state index in [0.717, 1.165) is 5.56 Å². The highest BCUT2D eigenvalue weighted by molar-refractivity contribution is 7.80. The minimum absolute atomic E-state index is 0.293. The first-order chi connectivity index (χ1) is 9.24. The SMILES string of the molecule is Fc1ccc(NC(=S)NN=Cc2cccnc2)cc1. The van der Waals surface area contributed by atoms with Gasteiger partial charge in [0.05, 0.1) is 6.21 Å². The minimum Gasteiger partial charge on any atom is -0.331 e. The van der Waals surface area contributed by atoms with Crippen LogP contribution in [0.3, 0.4) is 0 Å². The third-order valence-corrected chi connectivity index (χ3v) is 2.36. The molecule has 2 aromatic rings. The topological polar surface area (TPSA) is 49.3 Å². The molecule has 0 aliphatic carbocycles. The Kier molecular flexibility index (Phi) is 4.52. The van der Waals surface area contributed by atoms with Crippen molar-refractivity contribution in [1.82, 2.24) is 10.4 Å². The molecule has 0 radical (unpaired) electrons. The normalized spacial score (nSPS) is 10.4. The van der Waals surface area contributed by atoms with Crippen LogP contribution in [0.15, 0.2) is 53.9 Å². The van der Waals surface area contributed by atoms with Gasteiger partial charge in [-0.1, -0.05) is 6.07 Å². The van der Waals surface area contributed by atoms with Crippen LogP contribution in [0.2, 0.25) is 0 Å². The lowest BCUT2D eigenvalue weighted by atomic mass is 10.3. The molecule has 0 saturated carbocycles. The fourth-order valence-electron chi connectivity index (χ4n) is 1.31. The van der Waals surface area contributed by atoms with Crippen molar-refractivity contribution in [3.63, 3.8) is 0 Å². The molecule has 0 aliphatic rings. The van der Waals surface area contributed by atoms with E-state index in [-0.39, 0.29) is 5.82 Å². The van der Waals surface area contributed by atoms with E-state index >= 15 is 0 Å². The second kappa shape index (κ2) is 6.55. The van der Waals surface area contributed by atoms with Crippen LogP contribution < -0.4 is 10.7 Å². The summed E-state index contributed by atoms with van der Waals surface area (Å²) in [5, 5.41) is 7.17. The number of rotatable bonds is 3. The van der Waals surface area contributed by atoms with E-state index in [9.17, 15) is 4.39 Å². The monoisotopic (exact) mass is 274 g/mol. The lowest BCUT2D eigenvalue weighted by Gasteiger charge is -2.06. The maximum absolute atomic E-state index is 12.7. The number of pyridine rings is 1. The molecule has 1 aromatic carbocycles. The highest BCUT2D eigenvalue weighted by atomic mass is 32.1. The molecule has 96 valence electrons. The number of anilines is 1. The zero-order chi connectivity index (χ0) is 13.5. The number of thiocarbonyl (C=S) groups is 1. The molecular formula is C13H11FN4S. The molecule has 0 bridgehead atoms. The highest BCUT2D eigenvalue weighted by Gasteiger charge is 1.96. The highest BCUT2D eigenvalue weighted by Crippen LogP contribution is 2.07. The summed E-state index contributed by atoms with van der Waals surface area (Å²) in [5.74, 6) is -0.293. The predicted octanol–water partition coefficient (Wildman–Crippen LogP) is 2.54. The van der Waals surface area contributed by atoms with Gasteiger partial charge in [0.15, 0.2) is 5.11 Å². The smallest absolute Gasteiger partial charge is 0.191 e. The first kappa shape index (κ1) is 13.1. The van der Waals surface area contributed by atoms with E-state index in [4.69, 9.17) is 12.2 Å². The van der Waals surface area contributed by atoms with Crippen molar-refractivity contribution in [3.05, 3.63) is 60.2 Å². The minimum atomic E-state index is -0.293. The molecule has 2 N–H and O–H groups in total. The Morgan fingerprint density at radius 3 is 2.74 bits per heavy atom. The van der Waals surface area contributed by atoms with Crippen molar-refractivity contribution in [2.75, 3.05) is 5.32 Å². The quantitative estimate of drug-likeness (QED) is 0.513. The molecule has 6 heteroatoms. The number of hydrogen-bond donors (Lipinski definition) is 2. The number of hydrazone groups is 1. The van der Waals surface area contributed by atoms with Crippen molar-refractivity contribution in [2.24, 2.45) is 5.10 Å². The lowest BCUT2D eigenvalue weighted by Crippen LogP contribution is -2.23. The third-order valence-electron chi connectivity index (χ3n) is 2.17. The summed E-state index contributed by atoms with van der Waals surface area (Å²) < 4.78 is 12.7. The van der Waals surface area contributed by atoms with Crippen molar-refractivity contribution >= 4 is 29.2 Å². The van der Waals surface area contributed by atoms with E-state index in [1.165, 1.54) is 12.1 Å². The van der Waals surface area contributed by atoms with E-state index in [1.807, 2.05) is 12.1 Å². The van der Waals surface area contributed by atoms with Gasteiger partial charge in [-0.3, -0.25) is 10.4 Å². The van der Waals surface area contributed by atoms with Gasteiger partial charge >= 0.3 is 0 Å². The van der Waals surface area contributed by atoms with E-state index in [2.05, 4.69) is 20.8 Å². The maximum atomic E-state index is 12.7. The summed E-state index contributed by atoms with van der Waals surface area (Å²) in [7, 11) is 0. The summed E-state index contributed by atoms with van der Waals surface area (Å²) in [6.07, 6.45) is 4.97. The zero-order valence-corrected chi connectivity index (χ0v) is 10.7. The summed E-state index contributed by atoms with van der Waals surface area (Å²) in [5.41, 5.74) is 4.21. The largest absolute Gasteiger partial charge is 0.331 e. The Labute approximate surface area is 115 Å². The van der Waals surface area contributed by atoms with Crippen LogP contribution in [0.5, 0.6) is 0 Å². The van der Waals surface area contributed by atoms with Crippen LogP contribution in [-0.2, 0) is 0 Å². The number of halogens is 1. The number of nitrogens with zero attached hydrogens (tertiary/aromatic N) is 2. The van der Waals surface area contributed by atoms with Crippen molar-refractivity contribution < 1.29 is 4.39 Å². The Hall–Kier alpha value is -2.34. The molecule has 0 fully saturated rings. The van der Waals surface area contributed by atoms with Gasteiger partial charge in [-0.15, -0.1) is 0 Å². The molecule has 4 nitrogen and oxygen atoms in total. The molecule has 1 aromatic heterocycles. The van der Waals surface area contributed by atoms with Crippen LogP contribution in [-0.4, -0.2) is 16.3 Å². The van der Waals surface area contributed by atoms with Crippen LogP contribution in [0.4, 0.5) is 10.1 Å². The summed E-state index contributed by atoms with van der Waals surface area (Å²) in [6, 6.07) is 9.57. The average Bonchev–Trinajstić information content (AvgIpc) is 2.43. The fraction of sp³-hybridized carbons (Fsp3) is 0. The van der Waals surface area contributed by atoms with Gasteiger partial charge in [0, 0.05) is 23.6 Å². The van der Waals surface area contributed by atoms with Gasteiger partial charge in [-0.2, -0.15) is 5.10 Å². The van der Waals surface area contributed by atoms with Gasteiger partial charge in [0.1, 0.15) is 5.82 Å². The molecule has 0 saturated heterocycles. The maximum Gasteiger partial charge on any atom is 0.191 e. The average molecular weight is 274 g/mol. The number of benzene rings is 1. The zero-order valence-electron chi connectivity index (χ0n) is 9.88. The molecule has 0 aliphatic heterocycles. The summed E-state index contributed by atoms with van der Waals surface area (Å²) in [4.78, 5) is 3.96. The van der Waals surface area contributed by atoms with Crippen LogP contribution >= 0.6 is 12.2 Å². The first-order valence-electron chi connectivity index (χ1n) is 5.50. The second-order valence-corrected chi connectivity index (χ2v) is 4.03. The Balaban J connectivity index is 1.85. The molecule has 1 heterocycles. The molecule has 0 spiro atoms. The third kappa shape index (κ3) is 4.44. The van der Waals surface area contributed by atoms with Gasteiger partial charge in [0.25, 0.3) is 0 Å². The lowest BCUT2D eigenvalue weighted by molar-refractivity contribution is 0.628. The molecular weight excluding hydrogens is 263 g/mol. The molecule has 0 amide bonds. The summed E-state index contributed by atoms with van der Waals surface area (Å²) >= 11 is 5.04. The molecule has 19 heavy (non-hydrogen) atoms. The van der Waals surface area contributed by atoms with Crippen molar-refractivity contribution in [3.8, 4) is 0 Å². The summed E-state index contributed by atoms with van der Waals surface area (Å²) in [6.45, 7) is 0.